The fraction of sp³-hybridized carbons (Fsp3) is 0.571. The number of aliphatic hydroxyl groups excluding tert-OH is 1. The third kappa shape index (κ3) is 3.46. The molecular weight excluding hydrogens is 258 g/mol. The number of β-amino-alcohol motifs (C(OH)–C–C–N with tert-alkyl or cyclic N) is 1. The van der Waals surface area contributed by atoms with Crippen molar-refractivity contribution in [3.8, 4) is 0 Å². The molecular formula is C14H21N3O3. The lowest BCUT2D eigenvalue weighted by Gasteiger charge is -2.33. The highest BCUT2D eigenvalue weighted by Crippen LogP contribution is 2.16. The summed E-state index contributed by atoms with van der Waals surface area (Å²) in [5.41, 5.74) is 0.450. The van der Waals surface area contributed by atoms with Crippen molar-refractivity contribution in [3.63, 3.8) is 0 Å². The van der Waals surface area contributed by atoms with E-state index in [9.17, 15) is 14.7 Å². The zero-order chi connectivity index (χ0) is 14.7. The number of hydrogen-bond acceptors (Lipinski definition) is 4. The fourth-order valence-electron chi connectivity index (χ4n) is 2.39. The van der Waals surface area contributed by atoms with E-state index in [1.807, 2.05) is 11.8 Å². The van der Waals surface area contributed by atoms with Gasteiger partial charge in [0.15, 0.2) is 0 Å². The van der Waals surface area contributed by atoms with Gasteiger partial charge in [0.25, 0.3) is 5.91 Å². The molecule has 0 spiro atoms. The second-order valence-corrected chi connectivity index (χ2v) is 5.45. The van der Waals surface area contributed by atoms with Gasteiger partial charge in [-0.2, -0.15) is 0 Å². The highest BCUT2D eigenvalue weighted by Gasteiger charge is 2.25. The maximum Gasteiger partial charge on any atom is 0.274 e. The SMILES string of the molecule is CC1CCN(CC(=O)NC(=O)c2cccn2C)CC1O. The average molecular weight is 279 g/mol. The van der Waals surface area contributed by atoms with E-state index in [1.165, 1.54) is 0 Å². The molecule has 2 N–H and O–H groups in total. The molecule has 20 heavy (non-hydrogen) atoms. The molecule has 1 aromatic rings. The van der Waals surface area contributed by atoms with Crippen molar-refractivity contribution in [2.24, 2.45) is 13.0 Å². The highest BCUT2D eigenvalue weighted by molar-refractivity contribution is 6.04. The van der Waals surface area contributed by atoms with E-state index in [1.54, 1.807) is 29.9 Å². The Morgan fingerprint density at radius 2 is 2.25 bits per heavy atom. The quantitative estimate of drug-likeness (QED) is 0.816. The monoisotopic (exact) mass is 279 g/mol. The second kappa shape index (κ2) is 6.19. The molecule has 2 unspecified atom stereocenters. The third-order valence-corrected chi connectivity index (χ3v) is 3.80. The molecule has 1 fully saturated rings. The minimum Gasteiger partial charge on any atom is -0.392 e. The summed E-state index contributed by atoms with van der Waals surface area (Å²) in [6.07, 6.45) is 2.21. The Labute approximate surface area is 118 Å². The van der Waals surface area contributed by atoms with Gasteiger partial charge in [0.05, 0.1) is 12.6 Å². The lowest BCUT2D eigenvalue weighted by Crippen LogP contribution is -2.48. The molecule has 0 aliphatic carbocycles. The Kier molecular flexibility index (Phi) is 4.57. The van der Waals surface area contributed by atoms with Crippen LogP contribution in [0.5, 0.6) is 0 Å². The van der Waals surface area contributed by atoms with Gasteiger partial charge in [-0.05, 0) is 31.0 Å². The molecule has 0 saturated carbocycles. The lowest BCUT2D eigenvalue weighted by molar-refractivity contribution is -0.122. The van der Waals surface area contributed by atoms with Crippen LogP contribution in [-0.2, 0) is 11.8 Å². The normalized spacial score (nSPS) is 23.6. The highest BCUT2D eigenvalue weighted by atomic mass is 16.3. The van der Waals surface area contributed by atoms with Crippen molar-refractivity contribution in [1.82, 2.24) is 14.8 Å². The summed E-state index contributed by atoms with van der Waals surface area (Å²) in [5, 5.41) is 12.2. The molecule has 1 saturated heterocycles. The predicted molar refractivity (Wildman–Crippen MR) is 74.1 cm³/mol. The number of aliphatic hydroxyl groups is 1. The number of aryl methyl sites for hydroxylation is 1. The Bertz CT molecular complexity index is 498. The third-order valence-electron chi connectivity index (χ3n) is 3.80. The molecule has 2 rings (SSSR count). The first-order valence-corrected chi connectivity index (χ1v) is 6.83. The van der Waals surface area contributed by atoms with Crippen LogP contribution in [0.25, 0.3) is 0 Å². The van der Waals surface area contributed by atoms with Crippen LogP contribution in [0.15, 0.2) is 18.3 Å². The van der Waals surface area contributed by atoms with Gasteiger partial charge in [-0.1, -0.05) is 6.92 Å². The first-order chi connectivity index (χ1) is 9.47. The van der Waals surface area contributed by atoms with Crippen LogP contribution in [-0.4, -0.2) is 52.1 Å². The summed E-state index contributed by atoms with van der Waals surface area (Å²) in [6.45, 7) is 3.39. The number of nitrogens with one attached hydrogen (secondary N) is 1. The molecule has 2 amide bonds. The van der Waals surface area contributed by atoms with Crippen molar-refractivity contribution in [2.75, 3.05) is 19.6 Å². The number of aromatic nitrogens is 1. The molecule has 6 nitrogen and oxygen atoms in total. The second-order valence-electron chi connectivity index (χ2n) is 5.45. The van der Waals surface area contributed by atoms with Crippen LogP contribution in [0.3, 0.4) is 0 Å². The molecule has 1 aliphatic rings. The average Bonchev–Trinajstić information content (AvgIpc) is 2.80. The lowest BCUT2D eigenvalue weighted by atomic mass is 9.96. The standard InChI is InChI=1S/C14H21N3O3/c1-10-5-7-17(8-12(10)18)9-13(19)15-14(20)11-4-3-6-16(11)2/h3-4,6,10,12,18H,5,7-9H2,1-2H3,(H,15,19,20). The van der Waals surface area contributed by atoms with Gasteiger partial charge in [-0.15, -0.1) is 0 Å². The van der Waals surface area contributed by atoms with Gasteiger partial charge in [0.2, 0.25) is 5.91 Å². The number of imide groups is 1. The summed E-state index contributed by atoms with van der Waals surface area (Å²) in [6, 6.07) is 3.41. The number of piperidine rings is 1. The van der Waals surface area contributed by atoms with Gasteiger partial charge in [0.1, 0.15) is 5.69 Å². The van der Waals surface area contributed by atoms with Crippen molar-refractivity contribution < 1.29 is 14.7 Å². The minimum atomic E-state index is -0.403. The van der Waals surface area contributed by atoms with E-state index < -0.39 is 12.0 Å². The first kappa shape index (κ1) is 14.7. The predicted octanol–water partition coefficient (Wildman–Crippen LogP) is -0.0158. The van der Waals surface area contributed by atoms with Gasteiger partial charge in [-0.25, -0.2) is 0 Å². The molecule has 0 bridgehead atoms. The number of hydrogen-bond donors (Lipinski definition) is 2. The largest absolute Gasteiger partial charge is 0.392 e. The molecule has 1 aromatic heterocycles. The zero-order valence-electron chi connectivity index (χ0n) is 11.9. The molecule has 0 aromatic carbocycles. The number of carbonyl (C=O) groups excluding carboxylic acids is 2. The van der Waals surface area contributed by atoms with Gasteiger partial charge >= 0.3 is 0 Å². The number of amides is 2. The number of rotatable bonds is 3. The summed E-state index contributed by atoms with van der Waals surface area (Å²) in [5.74, 6) is -0.467. The van der Waals surface area contributed by atoms with E-state index in [0.29, 0.717) is 12.2 Å². The number of likely N-dealkylation sites (tertiary alicyclic amines) is 1. The molecule has 2 atom stereocenters. The van der Waals surface area contributed by atoms with Gasteiger partial charge in [-0.3, -0.25) is 19.8 Å². The van der Waals surface area contributed by atoms with Gasteiger partial charge < -0.3 is 9.67 Å². The molecule has 2 heterocycles. The van der Waals surface area contributed by atoms with E-state index >= 15 is 0 Å². The summed E-state index contributed by atoms with van der Waals surface area (Å²) in [7, 11) is 1.75. The maximum atomic E-state index is 11.9. The summed E-state index contributed by atoms with van der Waals surface area (Å²) < 4.78 is 1.66. The van der Waals surface area contributed by atoms with Crippen LogP contribution in [0.1, 0.15) is 23.8 Å². The van der Waals surface area contributed by atoms with Gasteiger partial charge in [0, 0.05) is 19.8 Å². The van der Waals surface area contributed by atoms with Crippen molar-refractivity contribution in [3.05, 3.63) is 24.0 Å². The Morgan fingerprint density at radius 1 is 1.50 bits per heavy atom. The first-order valence-electron chi connectivity index (χ1n) is 6.83. The molecule has 110 valence electrons. The van der Waals surface area contributed by atoms with Crippen molar-refractivity contribution in [1.29, 1.82) is 0 Å². The van der Waals surface area contributed by atoms with Crippen molar-refractivity contribution in [2.45, 2.75) is 19.4 Å². The van der Waals surface area contributed by atoms with Crippen LogP contribution < -0.4 is 5.32 Å². The number of carbonyl (C=O) groups is 2. The Morgan fingerprint density at radius 3 is 2.85 bits per heavy atom. The topological polar surface area (TPSA) is 74.6 Å². The van der Waals surface area contributed by atoms with Crippen molar-refractivity contribution >= 4 is 11.8 Å². The summed E-state index contributed by atoms with van der Waals surface area (Å²) in [4.78, 5) is 25.6. The van der Waals surface area contributed by atoms with E-state index in [0.717, 1.165) is 13.0 Å². The molecule has 1 aliphatic heterocycles. The van der Waals surface area contributed by atoms with Crippen LogP contribution in [0.2, 0.25) is 0 Å². The van der Waals surface area contributed by atoms with Crippen LogP contribution in [0, 0.1) is 5.92 Å². The Balaban J connectivity index is 1.84. The number of nitrogens with zero attached hydrogens (tertiary/aromatic N) is 2. The maximum absolute atomic E-state index is 11.9. The Hall–Kier alpha value is -1.66. The van der Waals surface area contributed by atoms with Crippen LogP contribution >= 0.6 is 0 Å². The van der Waals surface area contributed by atoms with Crippen LogP contribution in [0.4, 0.5) is 0 Å². The van der Waals surface area contributed by atoms with E-state index in [4.69, 9.17) is 0 Å². The minimum absolute atomic E-state index is 0.139. The zero-order valence-corrected chi connectivity index (χ0v) is 11.9. The molecule has 6 heteroatoms. The fourth-order valence-corrected chi connectivity index (χ4v) is 2.39. The van der Waals surface area contributed by atoms with E-state index in [-0.39, 0.29) is 18.4 Å². The van der Waals surface area contributed by atoms with E-state index in [2.05, 4.69) is 5.32 Å². The smallest absolute Gasteiger partial charge is 0.274 e. The summed E-state index contributed by atoms with van der Waals surface area (Å²) >= 11 is 0. The molecule has 0 radical (unpaired) electrons.